The molecule has 1 fully saturated rings. The van der Waals surface area contributed by atoms with Crippen LogP contribution in [0.1, 0.15) is 5.56 Å². The van der Waals surface area contributed by atoms with E-state index in [-0.39, 0.29) is 0 Å². The lowest BCUT2D eigenvalue weighted by molar-refractivity contribution is -0.145. The first-order chi connectivity index (χ1) is 10.5. The van der Waals surface area contributed by atoms with Crippen molar-refractivity contribution >= 4 is 17.6 Å². The number of rotatable bonds is 5. The highest BCUT2D eigenvalue weighted by atomic mass is 35.5. The number of carbonyl (C=O) groups is 1. The SMILES string of the molecule is COc1cc(OC)c(CN2CCN(C)[C@H](C(=O)O)C2)cc1Cl. The molecule has 1 N–H and O–H groups in total. The fourth-order valence-electron chi connectivity index (χ4n) is 2.63. The zero-order valence-electron chi connectivity index (χ0n) is 13.0. The predicted octanol–water partition coefficient (Wildman–Crippen LogP) is 1.56. The van der Waals surface area contributed by atoms with Crippen molar-refractivity contribution in [1.82, 2.24) is 9.80 Å². The molecule has 1 atom stereocenters. The van der Waals surface area contributed by atoms with Gasteiger partial charge in [0, 0.05) is 37.8 Å². The van der Waals surface area contributed by atoms with Crippen molar-refractivity contribution in [2.24, 2.45) is 0 Å². The zero-order valence-corrected chi connectivity index (χ0v) is 13.8. The molecule has 22 heavy (non-hydrogen) atoms. The van der Waals surface area contributed by atoms with Gasteiger partial charge in [0.15, 0.2) is 0 Å². The van der Waals surface area contributed by atoms with Crippen molar-refractivity contribution in [3.63, 3.8) is 0 Å². The van der Waals surface area contributed by atoms with E-state index in [4.69, 9.17) is 21.1 Å². The number of hydrogen-bond donors (Lipinski definition) is 1. The highest BCUT2D eigenvalue weighted by molar-refractivity contribution is 6.32. The maximum absolute atomic E-state index is 11.3. The van der Waals surface area contributed by atoms with Crippen molar-refractivity contribution in [2.45, 2.75) is 12.6 Å². The molecule has 1 saturated heterocycles. The number of methoxy groups -OCH3 is 2. The topological polar surface area (TPSA) is 62.2 Å². The number of halogens is 1. The highest BCUT2D eigenvalue weighted by Crippen LogP contribution is 2.33. The number of nitrogens with zero attached hydrogens (tertiary/aromatic N) is 2. The molecule has 0 spiro atoms. The largest absolute Gasteiger partial charge is 0.496 e. The van der Waals surface area contributed by atoms with Gasteiger partial charge in [-0.15, -0.1) is 0 Å². The molecule has 0 saturated carbocycles. The number of benzene rings is 1. The summed E-state index contributed by atoms with van der Waals surface area (Å²) in [6.45, 7) is 2.57. The summed E-state index contributed by atoms with van der Waals surface area (Å²) >= 11 is 6.18. The van der Waals surface area contributed by atoms with Crippen LogP contribution in [-0.4, -0.2) is 67.8 Å². The number of carboxylic acid groups (broad SMARTS) is 1. The van der Waals surface area contributed by atoms with E-state index in [2.05, 4.69) is 4.90 Å². The van der Waals surface area contributed by atoms with Crippen LogP contribution in [0, 0.1) is 0 Å². The molecule has 1 aliphatic heterocycles. The summed E-state index contributed by atoms with van der Waals surface area (Å²) in [6.07, 6.45) is 0. The molecule has 1 aromatic rings. The predicted molar refractivity (Wildman–Crippen MR) is 83.9 cm³/mol. The van der Waals surface area contributed by atoms with Crippen molar-refractivity contribution in [3.05, 3.63) is 22.7 Å². The van der Waals surface area contributed by atoms with E-state index in [9.17, 15) is 9.90 Å². The fraction of sp³-hybridized carbons (Fsp3) is 0.533. The van der Waals surface area contributed by atoms with E-state index in [0.717, 1.165) is 12.1 Å². The van der Waals surface area contributed by atoms with Crippen LogP contribution in [0.25, 0.3) is 0 Å². The van der Waals surface area contributed by atoms with Crippen molar-refractivity contribution in [1.29, 1.82) is 0 Å². The Bertz CT molecular complexity index is 553. The lowest BCUT2D eigenvalue weighted by Crippen LogP contribution is -2.54. The van der Waals surface area contributed by atoms with E-state index >= 15 is 0 Å². The molecule has 7 heteroatoms. The van der Waals surface area contributed by atoms with Crippen LogP contribution in [-0.2, 0) is 11.3 Å². The molecule has 0 aliphatic carbocycles. The molecule has 122 valence electrons. The highest BCUT2D eigenvalue weighted by Gasteiger charge is 2.30. The number of piperazine rings is 1. The van der Waals surface area contributed by atoms with Gasteiger partial charge in [-0.1, -0.05) is 11.6 Å². The normalized spacial score (nSPS) is 19.9. The van der Waals surface area contributed by atoms with Gasteiger partial charge < -0.3 is 14.6 Å². The van der Waals surface area contributed by atoms with Crippen LogP contribution >= 0.6 is 11.6 Å². The Kier molecular flexibility index (Phi) is 5.50. The van der Waals surface area contributed by atoms with E-state index in [0.29, 0.717) is 36.2 Å². The Morgan fingerprint density at radius 2 is 2.00 bits per heavy atom. The number of carboxylic acids is 1. The maximum Gasteiger partial charge on any atom is 0.322 e. The number of ether oxygens (including phenoxy) is 2. The summed E-state index contributed by atoms with van der Waals surface area (Å²) in [5.41, 5.74) is 0.919. The lowest BCUT2D eigenvalue weighted by atomic mass is 10.1. The van der Waals surface area contributed by atoms with Gasteiger partial charge >= 0.3 is 5.97 Å². The zero-order chi connectivity index (χ0) is 16.3. The quantitative estimate of drug-likeness (QED) is 0.885. The Morgan fingerprint density at radius 3 is 2.59 bits per heavy atom. The summed E-state index contributed by atoms with van der Waals surface area (Å²) in [4.78, 5) is 15.2. The van der Waals surface area contributed by atoms with Crippen molar-refractivity contribution < 1.29 is 19.4 Å². The van der Waals surface area contributed by atoms with E-state index in [1.807, 2.05) is 18.0 Å². The monoisotopic (exact) mass is 328 g/mol. The van der Waals surface area contributed by atoms with Gasteiger partial charge in [-0.05, 0) is 13.1 Å². The molecule has 0 radical (unpaired) electrons. The Labute approximate surface area is 135 Å². The van der Waals surface area contributed by atoms with Gasteiger partial charge in [0.1, 0.15) is 17.5 Å². The van der Waals surface area contributed by atoms with Gasteiger partial charge in [0.05, 0.1) is 19.2 Å². The van der Waals surface area contributed by atoms with Crippen LogP contribution in [0.15, 0.2) is 12.1 Å². The smallest absolute Gasteiger partial charge is 0.322 e. The minimum atomic E-state index is -0.799. The Balaban J connectivity index is 2.16. The summed E-state index contributed by atoms with van der Waals surface area (Å²) in [7, 11) is 4.98. The first-order valence-electron chi connectivity index (χ1n) is 7.02. The summed E-state index contributed by atoms with van der Waals surface area (Å²) in [5, 5.41) is 9.79. The van der Waals surface area contributed by atoms with E-state index in [1.54, 1.807) is 20.3 Å². The second-order valence-electron chi connectivity index (χ2n) is 5.37. The standard InChI is InChI=1S/C15H21ClN2O4/c1-17-4-5-18(9-12(17)15(19)20)8-10-6-11(16)14(22-3)7-13(10)21-2/h6-7,12H,4-5,8-9H2,1-3H3,(H,19,20)/t12-/m0/s1. The third-order valence-corrected chi connectivity index (χ3v) is 4.26. The Morgan fingerprint density at radius 1 is 1.32 bits per heavy atom. The van der Waals surface area contributed by atoms with E-state index < -0.39 is 12.0 Å². The van der Waals surface area contributed by atoms with Crippen LogP contribution in [0.3, 0.4) is 0 Å². The third kappa shape index (κ3) is 3.63. The molecule has 1 aromatic carbocycles. The van der Waals surface area contributed by atoms with Gasteiger partial charge in [0.25, 0.3) is 0 Å². The average Bonchev–Trinajstić information content (AvgIpc) is 2.49. The molecular formula is C15H21ClN2O4. The number of aliphatic carboxylic acids is 1. The van der Waals surface area contributed by atoms with Crippen LogP contribution in [0.4, 0.5) is 0 Å². The molecule has 0 unspecified atom stereocenters. The average molecular weight is 329 g/mol. The van der Waals surface area contributed by atoms with Gasteiger partial charge in [-0.25, -0.2) is 0 Å². The van der Waals surface area contributed by atoms with Crippen molar-refractivity contribution in [2.75, 3.05) is 40.9 Å². The molecule has 2 rings (SSSR count). The van der Waals surface area contributed by atoms with Gasteiger partial charge in [-0.3, -0.25) is 14.6 Å². The number of likely N-dealkylation sites (N-methyl/N-ethyl adjacent to an activating group) is 1. The van der Waals surface area contributed by atoms with E-state index in [1.165, 1.54) is 0 Å². The molecular weight excluding hydrogens is 308 g/mol. The summed E-state index contributed by atoms with van der Waals surface area (Å²) < 4.78 is 10.6. The second-order valence-corrected chi connectivity index (χ2v) is 5.78. The number of hydrogen-bond acceptors (Lipinski definition) is 5. The first kappa shape index (κ1) is 16.9. The molecule has 1 heterocycles. The maximum atomic E-state index is 11.3. The van der Waals surface area contributed by atoms with Crippen LogP contribution in [0.2, 0.25) is 5.02 Å². The molecule has 0 aromatic heterocycles. The van der Waals surface area contributed by atoms with Gasteiger partial charge in [-0.2, -0.15) is 0 Å². The first-order valence-corrected chi connectivity index (χ1v) is 7.39. The minimum Gasteiger partial charge on any atom is -0.496 e. The lowest BCUT2D eigenvalue weighted by Gasteiger charge is -2.37. The van der Waals surface area contributed by atoms with Crippen LogP contribution in [0.5, 0.6) is 11.5 Å². The second kappa shape index (κ2) is 7.17. The van der Waals surface area contributed by atoms with Crippen molar-refractivity contribution in [3.8, 4) is 11.5 Å². The molecule has 6 nitrogen and oxygen atoms in total. The Hall–Kier alpha value is -1.50. The molecule has 1 aliphatic rings. The summed E-state index contributed by atoms with van der Waals surface area (Å²) in [5.74, 6) is 0.447. The minimum absolute atomic E-state index is 0.471. The third-order valence-electron chi connectivity index (χ3n) is 3.97. The molecule has 0 bridgehead atoms. The molecule has 0 amide bonds. The van der Waals surface area contributed by atoms with Gasteiger partial charge in [0.2, 0.25) is 0 Å². The fourth-order valence-corrected chi connectivity index (χ4v) is 2.89. The van der Waals surface area contributed by atoms with Crippen LogP contribution < -0.4 is 9.47 Å². The summed E-state index contributed by atoms with van der Waals surface area (Å²) in [6, 6.07) is 3.07.